The summed E-state index contributed by atoms with van der Waals surface area (Å²) >= 11 is 1.72. The van der Waals surface area contributed by atoms with Crippen molar-refractivity contribution in [1.82, 2.24) is 0 Å². The van der Waals surface area contributed by atoms with Gasteiger partial charge in [0.15, 0.2) is 0 Å². The molecule has 3 atom stereocenters. The van der Waals surface area contributed by atoms with Crippen LogP contribution in [0.25, 0.3) is 0 Å². The van der Waals surface area contributed by atoms with Gasteiger partial charge in [-0.25, -0.2) is 0 Å². The Bertz CT molecular complexity index is 360. The molecule has 0 aromatic rings. The molecule has 1 rings (SSSR count). The Labute approximate surface area is 141 Å². The standard InChI is InChI=1S/C14H24O.C5H10OS/c1-11(10-15)7-8-13-12(2)6-5-9-14(13,3)4;1-5(7-2)3-4-6/h6,10-11,13H,5,7-9H2,1-4H3;4-5H,3H2,1-2H3. The molecule has 0 aromatic heterocycles. The third-order valence-corrected chi connectivity index (χ3v) is 5.72. The van der Waals surface area contributed by atoms with E-state index in [4.69, 9.17) is 0 Å². The van der Waals surface area contributed by atoms with Crippen LogP contribution in [0.4, 0.5) is 0 Å². The second-order valence-electron chi connectivity index (χ2n) is 7.17. The molecule has 22 heavy (non-hydrogen) atoms. The largest absolute Gasteiger partial charge is 0.303 e. The van der Waals surface area contributed by atoms with Crippen molar-refractivity contribution in [2.45, 2.75) is 72.0 Å². The molecule has 2 nitrogen and oxygen atoms in total. The van der Waals surface area contributed by atoms with Crippen molar-refractivity contribution in [1.29, 1.82) is 0 Å². The Morgan fingerprint density at radius 1 is 1.36 bits per heavy atom. The summed E-state index contributed by atoms with van der Waals surface area (Å²) in [4.78, 5) is 20.4. The van der Waals surface area contributed by atoms with Crippen molar-refractivity contribution >= 4 is 24.3 Å². The summed E-state index contributed by atoms with van der Waals surface area (Å²) in [6.07, 6.45) is 11.8. The van der Waals surface area contributed by atoms with Gasteiger partial charge in [-0.1, -0.05) is 39.3 Å². The van der Waals surface area contributed by atoms with Gasteiger partial charge < -0.3 is 9.59 Å². The molecule has 1 aliphatic rings. The number of hydrogen-bond donors (Lipinski definition) is 0. The van der Waals surface area contributed by atoms with Crippen LogP contribution in [0.15, 0.2) is 11.6 Å². The molecule has 128 valence electrons. The van der Waals surface area contributed by atoms with Crippen molar-refractivity contribution in [3.63, 3.8) is 0 Å². The van der Waals surface area contributed by atoms with Gasteiger partial charge >= 0.3 is 0 Å². The highest BCUT2D eigenvalue weighted by Gasteiger charge is 2.32. The first-order chi connectivity index (χ1) is 10.3. The Kier molecular flexibility index (Phi) is 10.8. The maximum Gasteiger partial charge on any atom is 0.122 e. The zero-order valence-electron chi connectivity index (χ0n) is 15.2. The molecule has 0 heterocycles. The summed E-state index contributed by atoms with van der Waals surface area (Å²) in [5.41, 5.74) is 1.95. The number of thioether (sulfide) groups is 1. The van der Waals surface area contributed by atoms with E-state index in [-0.39, 0.29) is 5.92 Å². The van der Waals surface area contributed by atoms with E-state index in [9.17, 15) is 9.59 Å². The predicted molar refractivity (Wildman–Crippen MR) is 98.4 cm³/mol. The molecular formula is C19H34O2S. The summed E-state index contributed by atoms with van der Waals surface area (Å²) in [7, 11) is 0. The number of rotatable bonds is 7. The maximum atomic E-state index is 10.6. The second kappa shape index (κ2) is 11.0. The fraction of sp³-hybridized carbons (Fsp3) is 0.789. The minimum atomic E-state index is 0.218. The van der Waals surface area contributed by atoms with Gasteiger partial charge in [0, 0.05) is 17.6 Å². The highest BCUT2D eigenvalue weighted by Crippen LogP contribution is 2.43. The average Bonchev–Trinajstić information content (AvgIpc) is 2.46. The number of carbonyl (C=O) groups is 2. The topological polar surface area (TPSA) is 34.1 Å². The molecule has 0 spiro atoms. The first-order valence-electron chi connectivity index (χ1n) is 8.36. The quantitative estimate of drug-likeness (QED) is 0.469. The highest BCUT2D eigenvalue weighted by molar-refractivity contribution is 7.99. The van der Waals surface area contributed by atoms with Crippen LogP contribution in [0.3, 0.4) is 0 Å². The van der Waals surface area contributed by atoms with Crippen LogP contribution in [-0.4, -0.2) is 24.1 Å². The minimum absolute atomic E-state index is 0.218. The van der Waals surface area contributed by atoms with Gasteiger partial charge in [0.1, 0.15) is 12.6 Å². The smallest absolute Gasteiger partial charge is 0.122 e. The Balaban J connectivity index is 0.000000534. The van der Waals surface area contributed by atoms with Crippen molar-refractivity contribution in [3.8, 4) is 0 Å². The summed E-state index contributed by atoms with van der Waals surface area (Å²) in [5.74, 6) is 0.893. The van der Waals surface area contributed by atoms with Crippen LogP contribution in [0.5, 0.6) is 0 Å². The summed E-state index contributed by atoms with van der Waals surface area (Å²) in [6.45, 7) is 11.0. The van der Waals surface area contributed by atoms with E-state index >= 15 is 0 Å². The van der Waals surface area contributed by atoms with E-state index in [1.54, 1.807) is 11.8 Å². The predicted octanol–water partition coefficient (Wildman–Crippen LogP) is 5.31. The van der Waals surface area contributed by atoms with Crippen LogP contribution in [0, 0.1) is 17.3 Å². The summed E-state index contributed by atoms with van der Waals surface area (Å²) in [5, 5.41) is 0.498. The monoisotopic (exact) mass is 326 g/mol. The molecule has 0 aromatic carbocycles. The number of hydrogen-bond acceptors (Lipinski definition) is 3. The van der Waals surface area contributed by atoms with E-state index in [1.165, 1.54) is 18.4 Å². The average molecular weight is 327 g/mol. The van der Waals surface area contributed by atoms with E-state index in [1.807, 2.05) is 20.1 Å². The van der Waals surface area contributed by atoms with Gasteiger partial charge in [0.05, 0.1) is 0 Å². The lowest BCUT2D eigenvalue weighted by Gasteiger charge is -2.39. The van der Waals surface area contributed by atoms with Crippen LogP contribution in [0.2, 0.25) is 0 Å². The molecule has 0 saturated carbocycles. The van der Waals surface area contributed by atoms with Crippen molar-refractivity contribution in [2.24, 2.45) is 17.3 Å². The van der Waals surface area contributed by atoms with Crippen LogP contribution < -0.4 is 0 Å². The van der Waals surface area contributed by atoms with Gasteiger partial charge in [-0.15, -0.1) is 0 Å². The fourth-order valence-corrected chi connectivity index (χ4v) is 3.22. The third kappa shape index (κ3) is 8.17. The third-order valence-electron chi connectivity index (χ3n) is 4.72. The summed E-state index contributed by atoms with van der Waals surface area (Å²) in [6, 6.07) is 0. The molecule has 0 fully saturated rings. The van der Waals surface area contributed by atoms with E-state index in [0.717, 1.165) is 25.4 Å². The van der Waals surface area contributed by atoms with E-state index < -0.39 is 0 Å². The lowest BCUT2D eigenvalue weighted by molar-refractivity contribution is -0.111. The molecule has 0 amide bonds. The Hall–Kier alpha value is -0.570. The van der Waals surface area contributed by atoms with Crippen molar-refractivity contribution in [3.05, 3.63) is 11.6 Å². The van der Waals surface area contributed by atoms with Gasteiger partial charge in [-0.2, -0.15) is 11.8 Å². The van der Waals surface area contributed by atoms with Gasteiger partial charge in [0.2, 0.25) is 0 Å². The zero-order chi connectivity index (χ0) is 17.2. The lowest BCUT2D eigenvalue weighted by Crippen LogP contribution is -2.28. The molecule has 0 aliphatic heterocycles. The molecule has 1 aliphatic carbocycles. The zero-order valence-corrected chi connectivity index (χ0v) is 16.0. The summed E-state index contributed by atoms with van der Waals surface area (Å²) < 4.78 is 0. The number of carbonyl (C=O) groups excluding carboxylic acids is 2. The van der Waals surface area contributed by atoms with Crippen molar-refractivity contribution < 1.29 is 9.59 Å². The fourth-order valence-electron chi connectivity index (χ4n) is 2.95. The second-order valence-corrected chi connectivity index (χ2v) is 8.44. The lowest BCUT2D eigenvalue weighted by atomic mass is 9.66. The minimum Gasteiger partial charge on any atom is -0.303 e. The SMILES string of the molecule is CC1=CCCC(C)(C)C1CCC(C)C=O.CSC(C)CC=O. The van der Waals surface area contributed by atoms with E-state index in [0.29, 0.717) is 23.0 Å². The number of aldehydes is 2. The Morgan fingerprint density at radius 3 is 2.41 bits per heavy atom. The Morgan fingerprint density at radius 2 is 2.00 bits per heavy atom. The normalized spacial score (nSPS) is 22.6. The molecule has 0 radical (unpaired) electrons. The highest BCUT2D eigenvalue weighted by atomic mass is 32.2. The molecule has 0 N–H and O–H groups in total. The molecule has 0 bridgehead atoms. The van der Waals surface area contributed by atoms with Crippen molar-refractivity contribution in [2.75, 3.05) is 6.26 Å². The van der Waals surface area contributed by atoms with Gasteiger partial charge in [0.25, 0.3) is 0 Å². The number of allylic oxidation sites excluding steroid dienone is 2. The van der Waals surface area contributed by atoms with Gasteiger partial charge in [-0.3, -0.25) is 0 Å². The molecule has 3 heteroatoms. The molecular weight excluding hydrogens is 292 g/mol. The molecule has 3 unspecified atom stereocenters. The van der Waals surface area contributed by atoms with Crippen LogP contribution >= 0.6 is 11.8 Å². The van der Waals surface area contributed by atoms with Crippen LogP contribution in [-0.2, 0) is 9.59 Å². The van der Waals surface area contributed by atoms with E-state index in [2.05, 4.69) is 26.8 Å². The molecule has 0 saturated heterocycles. The maximum absolute atomic E-state index is 10.6. The van der Waals surface area contributed by atoms with Gasteiger partial charge in [-0.05, 0) is 50.2 Å². The first kappa shape index (κ1) is 21.4. The first-order valence-corrected chi connectivity index (χ1v) is 9.65. The van der Waals surface area contributed by atoms with Crippen LogP contribution in [0.1, 0.15) is 66.7 Å².